The minimum atomic E-state index is -0.276. The summed E-state index contributed by atoms with van der Waals surface area (Å²) in [6.07, 6.45) is 4.30. The summed E-state index contributed by atoms with van der Waals surface area (Å²) in [7, 11) is 0. The molecule has 1 aromatic carbocycles. The van der Waals surface area contributed by atoms with Gasteiger partial charge >= 0.3 is 0 Å². The Morgan fingerprint density at radius 2 is 2.13 bits per heavy atom. The fraction of sp³-hybridized carbons (Fsp3) is 0.522. The fourth-order valence-electron chi connectivity index (χ4n) is 4.23. The van der Waals surface area contributed by atoms with E-state index in [4.69, 9.17) is 4.98 Å². The number of fused-ring (bicyclic) bond motifs is 1. The number of nitrogens with zero attached hydrogens (tertiary/aromatic N) is 5. The molecule has 1 aliphatic heterocycles. The Bertz CT molecular complexity index is 1150. The van der Waals surface area contributed by atoms with Gasteiger partial charge in [-0.2, -0.15) is 0 Å². The van der Waals surface area contributed by atoms with Gasteiger partial charge in [-0.15, -0.1) is 5.10 Å². The summed E-state index contributed by atoms with van der Waals surface area (Å²) in [5, 5.41) is 8.28. The Kier molecular flexibility index (Phi) is 6.15. The Balaban J connectivity index is 1.62. The zero-order chi connectivity index (χ0) is 22.0. The van der Waals surface area contributed by atoms with Gasteiger partial charge in [0.1, 0.15) is 5.82 Å². The number of carbonyl (C=O) groups is 1. The standard InChI is InChI=1S/C23H30N6O2/c1-4-5-8-19(30)28-11-6-7-17(13-28)21-24-22-20(23(31)25-21)26-27-29(22)14-18-12-15(2)9-10-16(18)3/h9-10,12,17H,4-8,11,13-14H2,1-3H3,(H,24,25,31)/t17-/m1/s1. The van der Waals surface area contributed by atoms with Gasteiger partial charge in [0.2, 0.25) is 5.91 Å². The molecule has 8 heteroatoms. The molecule has 0 radical (unpaired) electrons. The van der Waals surface area contributed by atoms with Crippen molar-refractivity contribution in [2.75, 3.05) is 13.1 Å². The van der Waals surface area contributed by atoms with Gasteiger partial charge in [-0.25, -0.2) is 9.67 Å². The molecular formula is C23H30N6O2. The van der Waals surface area contributed by atoms with Crippen LogP contribution in [0, 0.1) is 13.8 Å². The third-order valence-corrected chi connectivity index (χ3v) is 6.12. The van der Waals surface area contributed by atoms with E-state index in [1.807, 2.05) is 4.90 Å². The first-order valence-electron chi connectivity index (χ1n) is 11.1. The highest BCUT2D eigenvalue weighted by molar-refractivity contribution is 5.76. The van der Waals surface area contributed by atoms with Gasteiger partial charge in [0.25, 0.3) is 5.56 Å². The lowest BCUT2D eigenvalue weighted by atomic mass is 9.96. The minimum Gasteiger partial charge on any atom is -0.342 e. The van der Waals surface area contributed by atoms with Gasteiger partial charge in [-0.1, -0.05) is 42.3 Å². The summed E-state index contributed by atoms with van der Waals surface area (Å²) in [5.74, 6) is 0.826. The number of nitrogens with one attached hydrogen (secondary N) is 1. The number of aromatic nitrogens is 5. The maximum atomic E-state index is 12.7. The summed E-state index contributed by atoms with van der Waals surface area (Å²) >= 11 is 0. The van der Waals surface area contributed by atoms with Crippen LogP contribution >= 0.6 is 0 Å². The highest BCUT2D eigenvalue weighted by Crippen LogP contribution is 2.25. The van der Waals surface area contributed by atoms with Crippen LogP contribution in [0.5, 0.6) is 0 Å². The van der Waals surface area contributed by atoms with Crippen LogP contribution < -0.4 is 5.56 Å². The van der Waals surface area contributed by atoms with E-state index in [2.05, 4.69) is 54.3 Å². The summed E-state index contributed by atoms with van der Waals surface area (Å²) < 4.78 is 1.70. The van der Waals surface area contributed by atoms with Gasteiger partial charge in [0.15, 0.2) is 11.2 Å². The van der Waals surface area contributed by atoms with E-state index in [0.29, 0.717) is 31.0 Å². The van der Waals surface area contributed by atoms with Crippen molar-refractivity contribution in [1.82, 2.24) is 29.9 Å². The predicted molar refractivity (Wildman–Crippen MR) is 119 cm³/mol. The number of benzene rings is 1. The fourth-order valence-corrected chi connectivity index (χ4v) is 4.23. The maximum absolute atomic E-state index is 12.7. The Labute approximate surface area is 181 Å². The number of unbranched alkanes of at least 4 members (excludes halogenated alkanes) is 1. The van der Waals surface area contributed by atoms with Gasteiger partial charge < -0.3 is 9.88 Å². The lowest BCUT2D eigenvalue weighted by Crippen LogP contribution is -2.39. The number of carbonyl (C=O) groups excluding carboxylic acids is 1. The number of hydrogen-bond donors (Lipinski definition) is 1. The normalized spacial score (nSPS) is 16.7. The van der Waals surface area contributed by atoms with Gasteiger partial charge in [-0.3, -0.25) is 9.59 Å². The van der Waals surface area contributed by atoms with Gasteiger partial charge in [-0.05, 0) is 44.2 Å². The third-order valence-electron chi connectivity index (χ3n) is 6.12. The van der Waals surface area contributed by atoms with Crippen molar-refractivity contribution in [3.63, 3.8) is 0 Å². The molecule has 1 fully saturated rings. The molecule has 8 nitrogen and oxygen atoms in total. The Morgan fingerprint density at radius 1 is 1.29 bits per heavy atom. The van der Waals surface area contributed by atoms with E-state index >= 15 is 0 Å². The molecule has 1 atom stereocenters. The molecule has 164 valence electrons. The van der Waals surface area contributed by atoms with Crippen LogP contribution in [0.3, 0.4) is 0 Å². The molecule has 1 N–H and O–H groups in total. The quantitative estimate of drug-likeness (QED) is 0.658. The van der Waals surface area contributed by atoms with E-state index < -0.39 is 0 Å². The van der Waals surface area contributed by atoms with Crippen LogP contribution in [-0.4, -0.2) is 48.9 Å². The van der Waals surface area contributed by atoms with Crippen LogP contribution in [-0.2, 0) is 11.3 Å². The Morgan fingerprint density at radius 3 is 2.94 bits per heavy atom. The number of piperidine rings is 1. The molecule has 31 heavy (non-hydrogen) atoms. The predicted octanol–water partition coefficient (Wildman–Crippen LogP) is 3.08. The Hall–Kier alpha value is -3.03. The molecule has 4 rings (SSSR count). The second-order valence-electron chi connectivity index (χ2n) is 8.58. The largest absolute Gasteiger partial charge is 0.342 e. The lowest BCUT2D eigenvalue weighted by molar-refractivity contribution is -0.132. The van der Waals surface area contributed by atoms with E-state index in [0.717, 1.165) is 43.4 Å². The topological polar surface area (TPSA) is 96.8 Å². The zero-order valence-corrected chi connectivity index (χ0v) is 18.5. The number of aryl methyl sites for hydroxylation is 2. The second-order valence-corrected chi connectivity index (χ2v) is 8.58. The summed E-state index contributed by atoms with van der Waals surface area (Å²) in [6, 6.07) is 6.29. The van der Waals surface area contributed by atoms with Crippen molar-refractivity contribution in [3.05, 3.63) is 51.1 Å². The van der Waals surface area contributed by atoms with Crippen LogP contribution in [0.15, 0.2) is 23.0 Å². The number of H-pyrrole nitrogens is 1. The highest BCUT2D eigenvalue weighted by Gasteiger charge is 2.27. The van der Waals surface area contributed by atoms with Crippen molar-refractivity contribution in [1.29, 1.82) is 0 Å². The lowest BCUT2D eigenvalue weighted by Gasteiger charge is -2.32. The molecule has 3 heterocycles. The molecule has 2 aromatic heterocycles. The summed E-state index contributed by atoms with van der Waals surface area (Å²) in [4.78, 5) is 34.8. The molecule has 1 aliphatic rings. The van der Waals surface area contributed by atoms with Crippen LogP contribution in [0.1, 0.15) is 67.5 Å². The molecule has 0 aliphatic carbocycles. The summed E-state index contributed by atoms with van der Waals surface area (Å²) in [6.45, 7) is 8.08. The van der Waals surface area contributed by atoms with E-state index in [9.17, 15) is 9.59 Å². The van der Waals surface area contributed by atoms with Gasteiger partial charge in [0.05, 0.1) is 6.54 Å². The van der Waals surface area contributed by atoms with E-state index in [1.54, 1.807) is 4.68 Å². The molecule has 1 amide bonds. The van der Waals surface area contributed by atoms with Gasteiger partial charge in [0, 0.05) is 25.4 Å². The number of likely N-dealkylation sites (tertiary alicyclic amines) is 1. The molecule has 0 unspecified atom stereocenters. The first-order chi connectivity index (χ1) is 15.0. The SMILES string of the molecule is CCCCC(=O)N1CCC[C@@H](c2nc3c(nnn3Cc3cc(C)ccc3C)c(=O)[nH]2)C1. The molecule has 0 saturated carbocycles. The summed E-state index contributed by atoms with van der Waals surface area (Å²) in [5.41, 5.74) is 3.93. The number of hydrogen-bond acceptors (Lipinski definition) is 5. The van der Waals surface area contributed by atoms with Crippen molar-refractivity contribution in [2.24, 2.45) is 0 Å². The highest BCUT2D eigenvalue weighted by atomic mass is 16.2. The smallest absolute Gasteiger partial charge is 0.281 e. The van der Waals surface area contributed by atoms with Crippen LogP contribution in [0.4, 0.5) is 0 Å². The van der Waals surface area contributed by atoms with Crippen LogP contribution in [0.25, 0.3) is 11.2 Å². The zero-order valence-electron chi connectivity index (χ0n) is 18.5. The van der Waals surface area contributed by atoms with E-state index in [-0.39, 0.29) is 22.9 Å². The maximum Gasteiger partial charge on any atom is 0.281 e. The number of rotatable bonds is 6. The first-order valence-corrected chi connectivity index (χ1v) is 11.1. The second kappa shape index (κ2) is 8.99. The van der Waals surface area contributed by atoms with Crippen LogP contribution in [0.2, 0.25) is 0 Å². The van der Waals surface area contributed by atoms with Crippen molar-refractivity contribution < 1.29 is 4.79 Å². The molecule has 3 aromatic rings. The number of amides is 1. The monoisotopic (exact) mass is 422 g/mol. The third kappa shape index (κ3) is 4.52. The molecule has 1 saturated heterocycles. The average molecular weight is 423 g/mol. The molecular weight excluding hydrogens is 392 g/mol. The first kappa shape index (κ1) is 21.2. The van der Waals surface area contributed by atoms with Crippen molar-refractivity contribution in [3.8, 4) is 0 Å². The van der Waals surface area contributed by atoms with Crippen molar-refractivity contribution >= 4 is 17.1 Å². The van der Waals surface area contributed by atoms with E-state index in [1.165, 1.54) is 5.56 Å². The molecule has 0 bridgehead atoms. The van der Waals surface area contributed by atoms with Crippen molar-refractivity contribution in [2.45, 2.75) is 65.3 Å². The minimum absolute atomic E-state index is 0.0143. The average Bonchev–Trinajstić information content (AvgIpc) is 3.18. The number of aromatic amines is 1. The molecule has 0 spiro atoms.